The van der Waals surface area contributed by atoms with Gasteiger partial charge in [-0.25, -0.2) is 4.98 Å². The summed E-state index contributed by atoms with van der Waals surface area (Å²) in [6.07, 6.45) is 0. The van der Waals surface area contributed by atoms with Crippen LogP contribution < -0.4 is 4.74 Å². The zero-order chi connectivity index (χ0) is 17.9. The van der Waals surface area contributed by atoms with E-state index >= 15 is 0 Å². The van der Waals surface area contributed by atoms with E-state index in [1.54, 1.807) is 0 Å². The van der Waals surface area contributed by atoms with Gasteiger partial charge in [-0.1, -0.05) is 53.6 Å². The fourth-order valence-corrected chi connectivity index (χ4v) is 3.26. The van der Waals surface area contributed by atoms with E-state index in [2.05, 4.69) is 29.7 Å². The van der Waals surface area contributed by atoms with E-state index in [9.17, 15) is 0 Å². The first kappa shape index (κ1) is 16.7. The van der Waals surface area contributed by atoms with Crippen molar-refractivity contribution in [2.75, 3.05) is 6.61 Å². The summed E-state index contributed by atoms with van der Waals surface area (Å²) in [6.45, 7) is 3.31. The molecule has 0 fully saturated rings. The molecule has 0 radical (unpaired) electrons. The van der Waals surface area contributed by atoms with Crippen molar-refractivity contribution in [1.29, 1.82) is 0 Å². The normalized spacial score (nSPS) is 11.0. The molecule has 0 N–H and O–H groups in total. The standard InChI is InChI=1S/C22H19ClN2O/c1-16-10-12-17(13-11-16)26-15-14-25-21-9-5-4-8-20(21)24-22(25)18-6-2-3-7-19(18)23/h2-13H,14-15H2,1H3. The predicted molar refractivity (Wildman–Crippen MR) is 107 cm³/mol. The second-order valence-electron chi connectivity index (χ2n) is 6.22. The number of aromatic nitrogens is 2. The summed E-state index contributed by atoms with van der Waals surface area (Å²) < 4.78 is 8.09. The first-order valence-corrected chi connectivity index (χ1v) is 9.00. The van der Waals surface area contributed by atoms with Crippen LogP contribution in [-0.2, 0) is 6.54 Å². The minimum atomic E-state index is 0.556. The third-order valence-corrected chi connectivity index (χ3v) is 4.70. The number of imidazole rings is 1. The highest BCUT2D eigenvalue weighted by Gasteiger charge is 2.14. The minimum Gasteiger partial charge on any atom is -0.492 e. The quantitative estimate of drug-likeness (QED) is 0.452. The van der Waals surface area contributed by atoms with Crippen LogP contribution in [0.15, 0.2) is 72.8 Å². The van der Waals surface area contributed by atoms with Crippen LogP contribution in [0.3, 0.4) is 0 Å². The lowest BCUT2D eigenvalue weighted by Gasteiger charge is -2.12. The second-order valence-corrected chi connectivity index (χ2v) is 6.62. The highest BCUT2D eigenvalue weighted by Crippen LogP contribution is 2.30. The van der Waals surface area contributed by atoms with Gasteiger partial charge in [0.15, 0.2) is 0 Å². The Bertz CT molecular complexity index is 1040. The Balaban J connectivity index is 1.65. The lowest BCUT2D eigenvalue weighted by molar-refractivity contribution is 0.301. The van der Waals surface area contributed by atoms with Gasteiger partial charge in [0.25, 0.3) is 0 Å². The van der Waals surface area contributed by atoms with Crippen molar-refractivity contribution in [3.8, 4) is 17.1 Å². The van der Waals surface area contributed by atoms with Gasteiger partial charge in [-0.15, -0.1) is 0 Å². The van der Waals surface area contributed by atoms with Gasteiger partial charge in [0.05, 0.1) is 22.6 Å². The molecule has 0 spiro atoms. The van der Waals surface area contributed by atoms with Crippen LogP contribution in [0.25, 0.3) is 22.4 Å². The number of halogens is 1. The SMILES string of the molecule is Cc1ccc(OCCn2c(-c3ccccc3Cl)nc3ccccc32)cc1. The van der Waals surface area contributed by atoms with Crippen LogP contribution in [0.1, 0.15) is 5.56 Å². The number of para-hydroxylation sites is 2. The van der Waals surface area contributed by atoms with Gasteiger partial charge < -0.3 is 9.30 Å². The average Bonchev–Trinajstić information content (AvgIpc) is 3.02. The van der Waals surface area contributed by atoms with E-state index in [0.717, 1.165) is 28.2 Å². The van der Waals surface area contributed by atoms with Crippen molar-refractivity contribution < 1.29 is 4.74 Å². The number of nitrogens with zero attached hydrogens (tertiary/aromatic N) is 2. The lowest BCUT2D eigenvalue weighted by Crippen LogP contribution is -2.09. The average molecular weight is 363 g/mol. The van der Waals surface area contributed by atoms with Gasteiger partial charge in [0, 0.05) is 5.56 Å². The fraction of sp³-hybridized carbons (Fsp3) is 0.136. The molecule has 3 nitrogen and oxygen atoms in total. The highest BCUT2D eigenvalue weighted by molar-refractivity contribution is 6.33. The molecule has 0 saturated heterocycles. The molecule has 0 atom stereocenters. The molecule has 0 bridgehead atoms. The van der Waals surface area contributed by atoms with E-state index in [1.165, 1.54) is 5.56 Å². The topological polar surface area (TPSA) is 27.1 Å². The van der Waals surface area contributed by atoms with Crippen molar-refractivity contribution in [3.05, 3.63) is 83.4 Å². The molecular formula is C22H19ClN2O. The Labute approximate surface area is 157 Å². The molecule has 4 aromatic rings. The second kappa shape index (κ2) is 7.22. The maximum atomic E-state index is 6.42. The number of aryl methyl sites for hydroxylation is 1. The number of hydrogen-bond acceptors (Lipinski definition) is 2. The molecule has 1 aromatic heterocycles. The largest absolute Gasteiger partial charge is 0.492 e. The van der Waals surface area contributed by atoms with Gasteiger partial charge in [0.2, 0.25) is 0 Å². The minimum absolute atomic E-state index is 0.556. The van der Waals surface area contributed by atoms with Crippen LogP contribution >= 0.6 is 11.6 Å². The Kier molecular flexibility index (Phi) is 4.63. The Morgan fingerprint density at radius 2 is 1.65 bits per heavy atom. The summed E-state index contributed by atoms with van der Waals surface area (Å²) in [6, 6.07) is 24.0. The Hall–Kier alpha value is -2.78. The molecule has 0 saturated carbocycles. The van der Waals surface area contributed by atoms with Gasteiger partial charge in [0.1, 0.15) is 18.2 Å². The van der Waals surface area contributed by atoms with Crippen molar-refractivity contribution in [3.63, 3.8) is 0 Å². The van der Waals surface area contributed by atoms with E-state index in [0.29, 0.717) is 18.2 Å². The molecule has 0 unspecified atom stereocenters. The van der Waals surface area contributed by atoms with Crippen LogP contribution in [-0.4, -0.2) is 16.2 Å². The molecule has 1 heterocycles. The van der Waals surface area contributed by atoms with Gasteiger partial charge in [-0.05, 0) is 43.3 Å². The number of rotatable bonds is 5. The van der Waals surface area contributed by atoms with Gasteiger partial charge in [-0.2, -0.15) is 0 Å². The predicted octanol–water partition coefficient (Wildman–Crippen LogP) is 5.74. The van der Waals surface area contributed by atoms with Gasteiger partial charge in [-0.3, -0.25) is 0 Å². The van der Waals surface area contributed by atoms with Crippen molar-refractivity contribution in [1.82, 2.24) is 9.55 Å². The summed E-state index contributed by atoms with van der Waals surface area (Å²) in [5, 5.41) is 0.698. The van der Waals surface area contributed by atoms with Crippen molar-refractivity contribution in [2.24, 2.45) is 0 Å². The van der Waals surface area contributed by atoms with Gasteiger partial charge >= 0.3 is 0 Å². The third-order valence-electron chi connectivity index (χ3n) is 4.37. The smallest absolute Gasteiger partial charge is 0.142 e. The first-order valence-electron chi connectivity index (χ1n) is 8.62. The number of hydrogen-bond donors (Lipinski definition) is 0. The number of ether oxygens (including phenoxy) is 1. The van der Waals surface area contributed by atoms with Crippen molar-refractivity contribution in [2.45, 2.75) is 13.5 Å². The molecule has 0 aliphatic carbocycles. The third kappa shape index (κ3) is 3.31. The molecule has 3 aromatic carbocycles. The molecule has 0 aliphatic heterocycles. The molecule has 130 valence electrons. The molecule has 26 heavy (non-hydrogen) atoms. The number of fused-ring (bicyclic) bond motifs is 1. The molecule has 4 heteroatoms. The van der Waals surface area contributed by atoms with Crippen LogP contribution in [0.5, 0.6) is 5.75 Å². The monoisotopic (exact) mass is 362 g/mol. The number of benzene rings is 3. The Morgan fingerprint density at radius 3 is 2.46 bits per heavy atom. The Morgan fingerprint density at radius 1 is 0.923 bits per heavy atom. The summed E-state index contributed by atoms with van der Waals surface area (Å²) >= 11 is 6.42. The maximum Gasteiger partial charge on any atom is 0.142 e. The summed E-state index contributed by atoms with van der Waals surface area (Å²) in [5.74, 6) is 1.74. The van der Waals surface area contributed by atoms with Crippen LogP contribution in [0.2, 0.25) is 5.02 Å². The molecule has 0 amide bonds. The first-order chi connectivity index (χ1) is 12.7. The molecular weight excluding hydrogens is 344 g/mol. The van der Waals surface area contributed by atoms with Crippen molar-refractivity contribution >= 4 is 22.6 Å². The summed E-state index contributed by atoms with van der Waals surface area (Å²) in [7, 11) is 0. The highest BCUT2D eigenvalue weighted by atomic mass is 35.5. The fourth-order valence-electron chi connectivity index (χ4n) is 3.04. The molecule has 0 aliphatic rings. The maximum absolute atomic E-state index is 6.42. The van der Waals surface area contributed by atoms with Crippen LogP contribution in [0.4, 0.5) is 0 Å². The van der Waals surface area contributed by atoms with E-state index in [-0.39, 0.29) is 0 Å². The van der Waals surface area contributed by atoms with E-state index < -0.39 is 0 Å². The van der Waals surface area contributed by atoms with E-state index in [1.807, 2.05) is 54.6 Å². The lowest BCUT2D eigenvalue weighted by atomic mass is 10.2. The van der Waals surface area contributed by atoms with Crippen LogP contribution in [0, 0.1) is 6.92 Å². The van der Waals surface area contributed by atoms with E-state index in [4.69, 9.17) is 21.3 Å². The zero-order valence-corrected chi connectivity index (χ0v) is 15.3. The zero-order valence-electron chi connectivity index (χ0n) is 14.5. The summed E-state index contributed by atoms with van der Waals surface area (Å²) in [4.78, 5) is 4.80. The molecule has 4 rings (SSSR count). The summed E-state index contributed by atoms with van der Waals surface area (Å²) in [5.41, 5.74) is 4.19.